The van der Waals surface area contributed by atoms with Crippen LogP contribution in [0.3, 0.4) is 0 Å². The van der Waals surface area contributed by atoms with Crippen LogP contribution in [-0.4, -0.2) is 20.6 Å². The van der Waals surface area contributed by atoms with E-state index < -0.39 is 10.8 Å². The molecular formula is C12H12ClN5O3. The fourth-order valence-corrected chi connectivity index (χ4v) is 2.02. The summed E-state index contributed by atoms with van der Waals surface area (Å²) in [7, 11) is 1.66. The van der Waals surface area contributed by atoms with Gasteiger partial charge >= 0.3 is 0 Å². The maximum atomic E-state index is 12.2. The van der Waals surface area contributed by atoms with Crippen molar-refractivity contribution >= 4 is 34.7 Å². The molecule has 21 heavy (non-hydrogen) atoms. The zero-order chi connectivity index (χ0) is 15.7. The van der Waals surface area contributed by atoms with Crippen molar-refractivity contribution in [2.24, 2.45) is 7.05 Å². The molecule has 1 heterocycles. The van der Waals surface area contributed by atoms with E-state index in [2.05, 4.69) is 10.4 Å². The molecule has 0 fully saturated rings. The molecule has 0 atom stereocenters. The molecule has 1 aromatic heterocycles. The lowest BCUT2D eigenvalue weighted by atomic mass is 10.1. The normalized spacial score (nSPS) is 10.4. The van der Waals surface area contributed by atoms with Gasteiger partial charge in [0.05, 0.1) is 26.9 Å². The number of hydrogen-bond acceptors (Lipinski definition) is 5. The van der Waals surface area contributed by atoms with E-state index in [1.54, 1.807) is 20.0 Å². The number of hydrogen-bond donors (Lipinski definition) is 2. The zero-order valence-corrected chi connectivity index (χ0v) is 12.0. The van der Waals surface area contributed by atoms with E-state index in [1.165, 1.54) is 4.68 Å². The maximum absolute atomic E-state index is 12.2. The number of nitrogens with zero attached hydrogens (tertiary/aromatic N) is 3. The first-order valence-corrected chi connectivity index (χ1v) is 6.22. The van der Waals surface area contributed by atoms with Gasteiger partial charge in [-0.25, -0.2) is 0 Å². The van der Waals surface area contributed by atoms with Crippen LogP contribution >= 0.6 is 11.6 Å². The molecular weight excluding hydrogens is 298 g/mol. The summed E-state index contributed by atoms with van der Waals surface area (Å²) in [6.45, 7) is 1.77. The lowest BCUT2D eigenvalue weighted by Crippen LogP contribution is -2.16. The van der Waals surface area contributed by atoms with Gasteiger partial charge in [0.25, 0.3) is 11.6 Å². The summed E-state index contributed by atoms with van der Waals surface area (Å²) in [5.41, 5.74) is 6.05. The molecule has 2 rings (SSSR count). The number of nitrogens with one attached hydrogen (secondary N) is 1. The number of benzene rings is 1. The SMILES string of the molecule is Cc1cc(NC(=O)c2cc([N+](=O)[O-])cc(Cl)c2N)n(C)n1. The predicted octanol–water partition coefficient (Wildman–Crippen LogP) is 2.12. The fraction of sp³-hybridized carbons (Fsp3) is 0.167. The Kier molecular flexibility index (Phi) is 3.81. The van der Waals surface area contributed by atoms with E-state index in [4.69, 9.17) is 17.3 Å². The first-order chi connectivity index (χ1) is 9.79. The van der Waals surface area contributed by atoms with Crippen LogP contribution in [0.2, 0.25) is 5.02 Å². The second-order valence-corrected chi connectivity index (χ2v) is 4.80. The highest BCUT2D eigenvalue weighted by Gasteiger charge is 2.19. The minimum atomic E-state index is -0.643. The predicted molar refractivity (Wildman–Crippen MR) is 78.4 cm³/mol. The quantitative estimate of drug-likeness (QED) is 0.512. The Morgan fingerprint density at radius 2 is 2.14 bits per heavy atom. The second-order valence-electron chi connectivity index (χ2n) is 4.39. The van der Waals surface area contributed by atoms with Crippen molar-refractivity contribution in [1.82, 2.24) is 9.78 Å². The lowest BCUT2D eigenvalue weighted by molar-refractivity contribution is -0.384. The Morgan fingerprint density at radius 3 is 2.67 bits per heavy atom. The van der Waals surface area contributed by atoms with Crippen molar-refractivity contribution in [3.05, 3.63) is 44.6 Å². The van der Waals surface area contributed by atoms with Gasteiger partial charge in [-0.15, -0.1) is 0 Å². The van der Waals surface area contributed by atoms with Gasteiger partial charge in [0.15, 0.2) is 0 Å². The third-order valence-electron chi connectivity index (χ3n) is 2.81. The number of carbonyl (C=O) groups is 1. The van der Waals surface area contributed by atoms with E-state index in [1.807, 2.05) is 0 Å². The van der Waals surface area contributed by atoms with Crippen LogP contribution in [-0.2, 0) is 7.05 Å². The van der Waals surface area contributed by atoms with Crippen molar-refractivity contribution in [2.45, 2.75) is 6.92 Å². The molecule has 8 nitrogen and oxygen atoms in total. The number of aryl methyl sites for hydroxylation is 2. The second kappa shape index (κ2) is 5.41. The van der Waals surface area contributed by atoms with E-state index >= 15 is 0 Å². The molecule has 110 valence electrons. The average Bonchev–Trinajstić information content (AvgIpc) is 2.70. The summed E-state index contributed by atoms with van der Waals surface area (Å²) in [6.07, 6.45) is 0. The summed E-state index contributed by atoms with van der Waals surface area (Å²) in [4.78, 5) is 22.4. The number of nitro groups is 1. The molecule has 0 saturated carbocycles. The molecule has 0 aliphatic carbocycles. The van der Waals surface area contributed by atoms with E-state index in [-0.39, 0.29) is 22.0 Å². The van der Waals surface area contributed by atoms with Crippen LogP contribution in [0.4, 0.5) is 17.2 Å². The molecule has 0 unspecified atom stereocenters. The topological polar surface area (TPSA) is 116 Å². The maximum Gasteiger partial charge on any atom is 0.271 e. The summed E-state index contributed by atoms with van der Waals surface area (Å²) in [5, 5.41) is 17.4. The van der Waals surface area contributed by atoms with Crippen LogP contribution in [0.15, 0.2) is 18.2 Å². The van der Waals surface area contributed by atoms with E-state index in [0.29, 0.717) is 5.82 Å². The number of halogens is 1. The van der Waals surface area contributed by atoms with Crippen molar-refractivity contribution < 1.29 is 9.72 Å². The lowest BCUT2D eigenvalue weighted by Gasteiger charge is -2.08. The zero-order valence-electron chi connectivity index (χ0n) is 11.3. The third-order valence-corrected chi connectivity index (χ3v) is 3.13. The number of amides is 1. The molecule has 0 spiro atoms. The summed E-state index contributed by atoms with van der Waals surface area (Å²) >= 11 is 5.82. The number of carbonyl (C=O) groups excluding carboxylic acids is 1. The number of aromatic nitrogens is 2. The Hall–Kier alpha value is -2.61. The van der Waals surface area contributed by atoms with Crippen LogP contribution in [0.5, 0.6) is 0 Å². The Bertz CT molecular complexity index is 741. The number of nitrogen functional groups attached to an aromatic ring is 1. The number of rotatable bonds is 3. The molecule has 3 N–H and O–H groups in total. The first-order valence-electron chi connectivity index (χ1n) is 5.85. The summed E-state index contributed by atoms with van der Waals surface area (Å²) in [6, 6.07) is 3.84. The van der Waals surface area contributed by atoms with Crippen molar-refractivity contribution in [3.8, 4) is 0 Å². The fourth-order valence-electron chi connectivity index (χ4n) is 1.81. The Labute approximate surface area is 124 Å². The average molecular weight is 310 g/mol. The molecule has 1 amide bonds. The smallest absolute Gasteiger partial charge is 0.271 e. The van der Waals surface area contributed by atoms with Crippen molar-refractivity contribution in [2.75, 3.05) is 11.1 Å². The number of anilines is 2. The van der Waals surface area contributed by atoms with Gasteiger partial charge in [-0.05, 0) is 6.92 Å². The van der Waals surface area contributed by atoms with E-state index in [9.17, 15) is 14.9 Å². The molecule has 9 heteroatoms. The summed E-state index contributed by atoms with van der Waals surface area (Å²) < 4.78 is 1.47. The van der Waals surface area contributed by atoms with Crippen LogP contribution in [0, 0.1) is 17.0 Å². The minimum absolute atomic E-state index is 0.0151. The highest BCUT2D eigenvalue weighted by Crippen LogP contribution is 2.29. The molecule has 0 saturated heterocycles. The van der Waals surface area contributed by atoms with Crippen molar-refractivity contribution in [3.63, 3.8) is 0 Å². The summed E-state index contributed by atoms with van der Waals surface area (Å²) in [5.74, 6) is -0.152. The van der Waals surface area contributed by atoms with Gasteiger partial charge in [0, 0.05) is 25.2 Å². The van der Waals surface area contributed by atoms with Gasteiger partial charge < -0.3 is 11.1 Å². The number of non-ortho nitro benzene ring substituents is 1. The van der Waals surface area contributed by atoms with Gasteiger partial charge in [-0.3, -0.25) is 19.6 Å². The first kappa shape index (κ1) is 14.8. The minimum Gasteiger partial charge on any atom is -0.397 e. The van der Waals surface area contributed by atoms with Gasteiger partial charge in [0.1, 0.15) is 5.82 Å². The largest absolute Gasteiger partial charge is 0.397 e. The van der Waals surface area contributed by atoms with Crippen LogP contribution in [0.25, 0.3) is 0 Å². The highest BCUT2D eigenvalue weighted by atomic mass is 35.5. The van der Waals surface area contributed by atoms with Crippen LogP contribution in [0.1, 0.15) is 16.1 Å². The van der Waals surface area contributed by atoms with Gasteiger partial charge in [0.2, 0.25) is 0 Å². The molecule has 0 radical (unpaired) electrons. The van der Waals surface area contributed by atoms with Crippen molar-refractivity contribution in [1.29, 1.82) is 0 Å². The highest BCUT2D eigenvalue weighted by molar-refractivity contribution is 6.34. The molecule has 0 aliphatic heterocycles. The molecule has 2 aromatic rings. The number of nitrogens with two attached hydrogens (primary N) is 1. The molecule has 0 bridgehead atoms. The standard InChI is InChI=1S/C12H12ClN5O3/c1-6-3-10(17(2)16-6)15-12(19)8-4-7(18(20)21)5-9(13)11(8)14/h3-5H,14H2,1-2H3,(H,15,19). The van der Waals surface area contributed by atoms with Gasteiger partial charge in [-0.1, -0.05) is 11.6 Å². The third kappa shape index (κ3) is 2.95. The Balaban J connectivity index is 2.39. The monoisotopic (exact) mass is 309 g/mol. The molecule has 0 aliphatic rings. The van der Waals surface area contributed by atoms with Gasteiger partial charge in [-0.2, -0.15) is 5.10 Å². The van der Waals surface area contributed by atoms with Crippen LogP contribution < -0.4 is 11.1 Å². The molecule has 1 aromatic carbocycles. The Morgan fingerprint density at radius 1 is 1.48 bits per heavy atom. The number of nitro benzene ring substituents is 1. The van der Waals surface area contributed by atoms with E-state index in [0.717, 1.165) is 17.8 Å².